The van der Waals surface area contributed by atoms with E-state index >= 15 is 0 Å². The van der Waals surface area contributed by atoms with E-state index in [1.54, 1.807) is 10.7 Å². The molecule has 1 aromatic carbocycles. The average molecular weight is 471 g/mol. The van der Waals surface area contributed by atoms with E-state index in [-0.39, 0.29) is 5.92 Å². The van der Waals surface area contributed by atoms with Gasteiger partial charge in [-0.25, -0.2) is 9.78 Å². The van der Waals surface area contributed by atoms with Gasteiger partial charge in [0.25, 0.3) is 0 Å². The first-order valence-electron chi connectivity index (χ1n) is 11.4. The smallest absolute Gasteiger partial charge is 0.450 e. The van der Waals surface area contributed by atoms with Gasteiger partial charge in [-0.05, 0) is 24.8 Å². The molecule has 1 saturated carbocycles. The lowest BCUT2D eigenvalue weighted by molar-refractivity contribution is 0.137. The van der Waals surface area contributed by atoms with Crippen LogP contribution in [-0.4, -0.2) is 36.0 Å². The van der Waals surface area contributed by atoms with Gasteiger partial charge in [-0.2, -0.15) is 14.9 Å². The zero-order valence-electron chi connectivity index (χ0n) is 19.3. The number of carbonyl (C=O) groups is 1. The highest BCUT2D eigenvalue weighted by molar-refractivity contribution is 5.79. The maximum atomic E-state index is 9.78. The number of hydrogen-bond acceptors (Lipinski definition) is 6. The summed E-state index contributed by atoms with van der Waals surface area (Å²) in [5.41, 5.74) is 12.1. The van der Waals surface area contributed by atoms with Crippen LogP contribution in [0.15, 0.2) is 54.9 Å². The third kappa shape index (κ3) is 5.06. The molecule has 178 valence electrons. The second-order valence-corrected chi connectivity index (χ2v) is 8.70. The standard InChI is InChI=1S/C25H24N6.CH2O3/c1-16-7-9-18(10-8-16)23-20(13-26)24(27)31-25(30-23)21(15-29-31)19-11-12-22(28-14-19)17-5-3-2-4-6-17;2-1(3)4/h2-6,11-12,14-16,18H,7-10,27H2,1H3;(H2,2,3,4). The molecule has 0 radical (unpaired) electrons. The SMILES string of the molecule is CC1CCC(c2nc3c(-c4ccc(-c5ccccc5)nc4)cnn3c(N)c2C#N)CC1.O=C(O)O. The zero-order chi connectivity index (χ0) is 24.9. The van der Waals surface area contributed by atoms with E-state index in [0.717, 1.165) is 59.7 Å². The van der Waals surface area contributed by atoms with Crippen LogP contribution in [0, 0.1) is 17.2 Å². The second-order valence-electron chi connectivity index (χ2n) is 8.70. The molecule has 0 amide bonds. The molecule has 5 rings (SSSR count). The molecule has 0 aliphatic heterocycles. The minimum Gasteiger partial charge on any atom is -0.450 e. The summed E-state index contributed by atoms with van der Waals surface area (Å²) in [6.45, 7) is 2.29. The van der Waals surface area contributed by atoms with E-state index < -0.39 is 6.16 Å². The van der Waals surface area contributed by atoms with Crippen LogP contribution >= 0.6 is 0 Å². The molecule has 3 heterocycles. The number of anilines is 1. The molecule has 1 aliphatic rings. The number of benzene rings is 1. The molecule has 1 fully saturated rings. The molecule has 35 heavy (non-hydrogen) atoms. The third-order valence-corrected chi connectivity index (χ3v) is 6.37. The predicted molar refractivity (Wildman–Crippen MR) is 132 cm³/mol. The molecule has 0 bridgehead atoms. The first-order valence-corrected chi connectivity index (χ1v) is 11.4. The number of nitrogen functional groups attached to an aromatic ring is 1. The van der Waals surface area contributed by atoms with Crippen LogP contribution in [0.5, 0.6) is 0 Å². The van der Waals surface area contributed by atoms with E-state index in [2.05, 4.69) is 23.1 Å². The summed E-state index contributed by atoms with van der Waals surface area (Å²) in [6.07, 6.45) is 6.15. The molecule has 0 atom stereocenters. The average Bonchev–Trinajstić information content (AvgIpc) is 3.29. The molecular formula is C26H26N6O3. The van der Waals surface area contributed by atoms with E-state index in [9.17, 15) is 5.26 Å². The number of fused-ring (bicyclic) bond motifs is 1. The van der Waals surface area contributed by atoms with Crippen LogP contribution in [0.1, 0.15) is 49.8 Å². The number of nitrogens with zero attached hydrogens (tertiary/aromatic N) is 5. The van der Waals surface area contributed by atoms with Crippen molar-refractivity contribution < 1.29 is 15.0 Å². The van der Waals surface area contributed by atoms with E-state index in [1.165, 1.54) is 0 Å². The minimum atomic E-state index is -1.83. The van der Waals surface area contributed by atoms with Crippen molar-refractivity contribution in [1.82, 2.24) is 19.6 Å². The number of rotatable bonds is 3. The maximum absolute atomic E-state index is 9.78. The summed E-state index contributed by atoms with van der Waals surface area (Å²) in [5, 5.41) is 28.2. The van der Waals surface area contributed by atoms with Gasteiger partial charge in [0.05, 0.1) is 17.6 Å². The molecule has 4 aromatic rings. The molecule has 9 nitrogen and oxygen atoms in total. The van der Waals surface area contributed by atoms with Crippen LogP contribution in [0.2, 0.25) is 0 Å². The van der Waals surface area contributed by atoms with Crippen molar-refractivity contribution >= 4 is 17.6 Å². The molecule has 0 unspecified atom stereocenters. The first kappa shape index (κ1) is 23.7. The van der Waals surface area contributed by atoms with Gasteiger partial charge in [0.15, 0.2) is 5.65 Å². The quantitative estimate of drug-likeness (QED) is 0.359. The number of nitriles is 1. The Balaban J connectivity index is 0.000000672. The molecule has 0 saturated heterocycles. The predicted octanol–water partition coefficient (Wildman–Crippen LogP) is 5.43. The van der Waals surface area contributed by atoms with Crippen LogP contribution in [0.3, 0.4) is 0 Å². The monoisotopic (exact) mass is 470 g/mol. The summed E-state index contributed by atoms with van der Waals surface area (Å²) in [6, 6.07) is 16.4. The van der Waals surface area contributed by atoms with Crippen molar-refractivity contribution in [2.24, 2.45) is 5.92 Å². The Kier molecular flexibility index (Phi) is 6.92. The highest BCUT2D eigenvalue weighted by Gasteiger charge is 2.26. The lowest BCUT2D eigenvalue weighted by Gasteiger charge is -2.26. The zero-order valence-corrected chi connectivity index (χ0v) is 19.3. The fraction of sp³-hybridized carbons (Fsp3) is 0.269. The van der Waals surface area contributed by atoms with Crippen LogP contribution in [0.4, 0.5) is 10.6 Å². The van der Waals surface area contributed by atoms with E-state index in [0.29, 0.717) is 17.0 Å². The second kappa shape index (κ2) is 10.2. The summed E-state index contributed by atoms with van der Waals surface area (Å²) >= 11 is 0. The van der Waals surface area contributed by atoms with E-state index in [1.807, 2.05) is 48.7 Å². The van der Waals surface area contributed by atoms with Crippen molar-refractivity contribution in [1.29, 1.82) is 5.26 Å². The number of aromatic nitrogens is 4. The molecular weight excluding hydrogens is 444 g/mol. The molecule has 4 N–H and O–H groups in total. The normalized spacial score (nSPS) is 17.3. The lowest BCUT2D eigenvalue weighted by Crippen LogP contribution is -2.16. The van der Waals surface area contributed by atoms with Crippen molar-refractivity contribution in [2.75, 3.05) is 5.73 Å². The van der Waals surface area contributed by atoms with Crippen LogP contribution in [0.25, 0.3) is 28.0 Å². The van der Waals surface area contributed by atoms with Crippen LogP contribution in [-0.2, 0) is 0 Å². The summed E-state index contributed by atoms with van der Waals surface area (Å²) < 4.78 is 1.58. The fourth-order valence-electron chi connectivity index (χ4n) is 4.51. The summed E-state index contributed by atoms with van der Waals surface area (Å²) in [5.74, 6) is 1.35. The Morgan fingerprint density at radius 3 is 2.34 bits per heavy atom. The Labute approximate surface area is 202 Å². The molecule has 3 aromatic heterocycles. The number of pyridine rings is 1. The first-order chi connectivity index (χ1) is 16.9. The minimum absolute atomic E-state index is 0.263. The van der Waals surface area contributed by atoms with Gasteiger partial charge in [-0.3, -0.25) is 4.98 Å². The number of carboxylic acid groups (broad SMARTS) is 2. The van der Waals surface area contributed by atoms with Crippen molar-refractivity contribution in [3.63, 3.8) is 0 Å². The number of hydrogen-bond donors (Lipinski definition) is 3. The van der Waals surface area contributed by atoms with Crippen molar-refractivity contribution in [3.8, 4) is 28.5 Å². The van der Waals surface area contributed by atoms with Gasteiger partial charge in [-0.1, -0.05) is 56.2 Å². The van der Waals surface area contributed by atoms with Crippen LogP contribution < -0.4 is 5.73 Å². The topological polar surface area (TPSA) is 150 Å². The third-order valence-electron chi connectivity index (χ3n) is 6.37. The molecule has 9 heteroatoms. The highest BCUT2D eigenvalue weighted by Crippen LogP contribution is 2.38. The number of nitrogens with two attached hydrogens (primary N) is 1. The molecule has 1 aliphatic carbocycles. The van der Waals surface area contributed by atoms with Gasteiger partial charge >= 0.3 is 6.16 Å². The van der Waals surface area contributed by atoms with E-state index in [4.69, 9.17) is 25.7 Å². The highest BCUT2D eigenvalue weighted by atomic mass is 16.6. The van der Waals surface area contributed by atoms with Gasteiger partial charge in [0, 0.05) is 28.8 Å². The Bertz CT molecular complexity index is 1360. The van der Waals surface area contributed by atoms with Gasteiger partial charge in [0.1, 0.15) is 17.5 Å². The van der Waals surface area contributed by atoms with Crippen molar-refractivity contribution in [3.05, 3.63) is 66.1 Å². The Morgan fingerprint density at radius 2 is 1.74 bits per heavy atom. The summed E-state index contributed by atoms with van der Waals surface area (Å²) in [4.78, 5) is 18.1. The maximum Gasteiger partial charge on any atom is 0.503 e. The fourth-order valence-corrected chi connectivity index (χ4v) is 4.51. The van der Waals surface area contributed by atoms with Crippen molar-refractivity contribution in [2.45, 2.75) is 38.5 Å². The lowest BCUT2D eigenvalue weighted by atomic mass is 9.80. The summed E-state index contributed by atoms with van der Waals surface area (Å²) in [7, 11) is 0. The van der Waals surface area contributed by atoms with Gasteiger partial charge in [-0.15, -0.1) is 0 Å². The Morgan fingerprint density at radius 1 is 1.06 bits per heavy atom. The molecule has 0 spiro atoms. The van der Waals surface area contributed by atoms with Gasteiger partial charge < -0.3 is 15.9 Å². The largest absolute Gasteiger partial charge is 0.503 e. The Hall–Kier alpha value is -4.45. The van der Waals surface area contributed by atoms with Gasteiger partial charge in [0.2, 0.25) is 0 Å².